The van der Waals surface area contributed by atoms with Gasteiger partial charge >= 0.3 is 0 Å². The zero-order chi connectivity index (χ0) is 14.7. The Morgan fingerprint density at radius 3 is 3.19 bits per heavy atom. The first-order valence-electron chi connectivity index (χ1n) is 6.59. The highest BCUT2D eigenvalue weighted by Gasteiger charge is 2.12. The van der Waals surface area contributed by atoms with Gasteiger partial charge in [-0.15, -0.1) is 11.3 Å². The third-order valence-corrected chi connectivity index (χ3v) is 4.26. The summed E-state index contributed by atoms with van der Waals surface area (Å²) in [5, 5.41) is 3.89. The van der Waals surface area contributed by atoms with Crippen LogP contribution >= 0.6 is 11.3 Å². The molecule has 0 aliphatic heterocycles. The first kappa shape index (κ1) is 13.8. The van der Waals surface area contributed by atoms with Gasteiger partial charge in [-0.1, -0.05) is 0 Å². The van der Waals surface area contributed by atoms with Crippen molar-refractivity contribution >= 4 is 28.3 Å². The first-order valence-corrected chi connectivity index (χ1v) is 7.40. The van der Waals surface area contributed by atoms with E-state index in [2.05, 4.69) is 15.3 Å². The summed E-state index contributed by atoms with van der Waals surface area (Å²) in [6.45, 7) is 1.03. The summed E-state index contributed by atoms with van der Waals surface area (Å²) >= 11 is 1.48. The molecule has 0 aliphatic rings. The third-order valence-electron chi connectivity index (χ3n) is 3.15. The van der Waals surface area contributed by atoms with Crippen molar-refractivity contribution < 1.29 is 11.0 Å². The minimum atomic E-state index is -0.0670. The summed E-state index contributed by atoms with van der Waals surface area (Å²) in [5.41, 5.74) is 1.94. The van der Waals surface area contributed by atoms with Crippen molar-refractivity contribution in [3.63, 3.8) is 0 Å². The maximum atomic E-state index is 12.0. The van der Waals surface area contributed by atoms with Crippen LogP contribution in [0.5, 0.6) is 0 Å². The summed E-state index contributed by atoms with van der Waals surface area (Å²) in [7, 11) is 1.61. The molecule has 110 valence electrons. The van der Waals surface area contributed by atoms with Gasteiger partial charge in [-0.3, -0.25) is 4.79 Å². The predicted octanol–water partition coefficient (Wildman–Crippen LogP) is 2.91. The number of fused-ring (bicyclic) bond motifs is 1. The van der Waals surface area contributed by atoms with Crippen LogP contribution < -0.4 is 5.32 Å². The predicted molar refractivity (Wildman–Crippen MR) is 85.7 cm³/mol. The Kier molecular flexibility index (Phi) is 3.98. The number of aromatic amines is 1. The highest BCUT2D eigenvalue weighted by Crippen LogP contribution is 2.32. The van der Waals surface area contributed by atoms with Crippen molar-refractivity contribution in [2.24, 2.45) is 0 Å². The molecular weight excluding hydrogens is 286 g/mol. The number of nitrogens with zero attached hydrogens (tertiary/aromatic N) is 1. The Morgan fingerprint density at radius 1 is 1.43 bits per heavy atom. The van der Waals surface area contributed by atoms with E-state index in [1.807, 2.05) is 30.5 Å². The van der Waals surface area contributed by atoms with Gasteiger partial charge in [0, 0.05) is 43.3 Å². The van der Waals surface area contributed by atoms with E-state index in [-0.39, 0.29) is 7.33 Å². The lowest BCUT2D eigenvalue weighted by Gasteiger charge is -2.02. The number of aromatic nitrogens is 2. The number of rotatable bonds is 5. The molecule has 3 aromatic heterocycles. The summed E-state index contributed by atoms with van der Waals surface area (Å²) in [6.07, 6.45) is 3.64. The van der Waals surface area contributed by atoms with Crippen molar-refractivity contribution in [3.05, 3.63) is 41.5 Å². The molecule has 0 spiro atoms. The molecule has 0 saturated carbocycles. The van der Waals surface area contributed by atoms with Gasteiger partial charge in [0.2, 0.25) is 0 Å². The fourth-order valence-corrected chi connectivity index (χ4v) is 3.10. The molecule has 0 radical (unpaired) electrons. The number of pyridine rings is 1. The maximum Gasteiger partial charge on any atom is 0.261 e. The van der Waals surface area contributed by atoms with Crippen molar-refractivity contribution in [1.29, 1.82) is 0 Å². The quantitative estimate of drug-likeness (QED) is 0.712. The van der Waals surface area contributed by atoms with Gasteiger partial charge in [-0.25, -0.2) is 4.98 Å². The smallest absolute Gasteiger partial charge is 0.261 e. The molecular formula is C15H17N3O2S. The first-order chi connectivity index (χ1) is 10.3. The molecule has 1 amide bonds. The van der Waals surface area contributed by atoms with E-state index < -0.39 is 0 Å². The number of methoxy groups -OCH3 is 1. The molecule has 3 aromatic rings. The van der Waals surface area contributed by atoms with Crippen LogP contribution in [0.2, 0.25) is 0 Å². The van der Waals surface area contributed by atoms with Crippen LogP contribution in [0, 0.1) is 0 Å². The van der Waals surface area contributed by atoms with Gasteiger partial charge < -0.3 is 15.0 Å². The van der Waals surface area contributed by atoms with Crippen molar-refractivity contribution in [3.8, 4) is 10.4 Å². The fourth-order valence-electron chi connectivity index (χ4n) is 2.13. The summed E-state index contributed by atoms with van der Waals surface area (Å²) in [6, 6.07) is 7.78. The van der Waals surface area contributed by atoms with Crippen molar-refractivity contribution in [2.45, 2.75) is 0 Å². The van der Waals surface area contributed by atoms with Crippen molar-refractivity contribution in [2.75, 3.05) is 20.3 Å². The molecule has 0 saturated heterocycles. The van der Waals surface area contributed by atoms with Crippen LogP contribution in [0.1, 0.15) is 11.1 Å². The second-order valence-electron chi connectivity index (χ2n) is 4.51. The second-order valence-corrected chi connectivity index (χ2v) is 5.59. The Morgan fingerprint density at radius 2 is 2.33 bits per heavy atom. The van der Waals surface area contributed by atoms with Crippen LogP contribution in [0.25, 0.3) is 21.5 Å². The summed E-state index contributed by atoms with van der Waals surface area (Å²) in [5.74, 6) is -0.0670. The van der Waals surface area contributed by atoms with E-state index in [0.29, 0.717) is 18.0 Å². The summed E-state index contributed by atoms with van der Waals surface area (Å²) in [4.78, 5) is 21.1. The van der Waals surface area contributed by atoms with Crippen LogP contribution in [-0.4, -0.2) is 36.1 Å². The number of nitrogens with one attached hydrogen (secondary N) is 2. The molecule has 0 unspecified atom stereocenters. The number of ether oxygens (including phenoxy) is 1. The van der Waals surface area contributed by atoms with E-state index in [1.165, 1.54) is 11.3 Å². The highest BCUT2D eigenvalue weighted by molar-refractivity contribution is 7.17. The monoisotopic (exact) mass is 303 g/mol. The van der Waals surface area contributed by atoms with Gasteiger partial charge in [0.25, 0.3) is 5.91 Å². The van der Waals surface area contributed by atoms with Gasteiger partial charge in [0.15, 0.2) is 0 Å². The standard InChI is InChI=1S/C15H15N3O2S.H2/c1-20-9-8-18-15(19)13-3-2-12(21-13)10-4-6-16-14-11(10)5-7-17-14;/h2-7H,8-9H2,1H3,(H,16,17)(H,18,19);1H. The molecule has 21 heavy (non-hydrogen) atoms. The molecule has 0 aliphatic carbocycles. The molecule has 0 bridgehead atoms. The van der Waals surface area contributed by atoms with Crippen LogP contribution in [0.4, 0.5) is 0 Å². The van der Waals surface area contributed by atoms with E-state index in [4.69, 9.17) is 4.74 Å². The second kappa shape index (κ2) is 6.07. The Hall–Kier alpha value is -2.18. The van der Waals surface area contributed by atoms with Gasteiger partial charge in [0.1, 0.15) is 5.65 Å². The number of hydrogen-bond donors (Lipinski definition) is 2. The van der Waals surface area contributed by atoms with E-state index in [0.717, 1.165) is 21.5 Å². The number of H-pyrrole nitrogens is 1. The van der Waals surface area contributed by atoms with Crippen LogP contribution in [0.15, 0.2) is 36.7 Å². The molecule has 2 N–H and O–H groups in total. The number of thiophene rings is 1. The topological polar surface area (TPSA) is 67.0 Å². The SMILES string of the molecule is COCCNC(=O)c1ccc(-c2ccnc3[nH]ccc23)s1.[HH]. The fraction of sp³-hybridized carbons (Fsp3) is 0.200. The van der Waals surface area contributed by atoms with Crippen LogP contribution in [0.3, 0.4) is 0 Å². The minimum absolute atomic E-state index is 0. The molecule has 0 fully saturated rings. The lowest BCUT2D eigenvalue weighted by molar-refractivity contribution is 0.0941. The van der Waals surface area contributed by atoms with Crippen molar-refractivity contribution in [1.82, 2.24) is 15.3 Å². The molecule has 0 atom stereocenters. The zero-order valence-corrected chi connectivity index (χ0v) is 12.4. The van der Waals surface area contributed by atoms with Gasteiger partial charge in [0.05, 0.1) is 11.5 Å². The van der Waals surface area contributed by atoms with Gasteiger partial charge in [-0.2, -0.15) is 0 Å². The lowest BCUT2D eigenvalue weighted by Crippen LogP contribution is -2.26. The molecule has 0 aromatic carbocycles. The number of amides is 1. The van der Waals surface area contributed by atoms with E-state index in [1.54, 1.807) is 13.3 Å². The maximum absolute atomic E-state index is 12.0. The lowest BCUT2D eigenvalue weighted by atomic mass is 10.1. The molecule has 3 heterocycles. The summed E-state index contributed by atoms with van der Waals surface area (Å²) < 4.78 is 4.92. The number of hydrogen-bond acceptors (Lipinski definition) is 4. The minimum Gasteiger partial charge on any atom is -0.383 e. The van der Waals surface area contributed by atoms with Gasteiger partial charge in [-0.05, 0) is 24.3 Å². The average Bonchev–Trinajstić information content (AvgIpc) is 3.16. The highest BCUT2D eigenvalue weighted by atomic mass is 32.1. The Balaban J connectivity index is 0.00000176. The molecule has 6 heteroatoms. The average molecular weight is 303 g/mol. The van der Waals surface area contributed by atoms with Crippen LogP contribution in [-0.2, 0) is 4.74 Å². The van der Waals surface area contributed by atoms with E-state index >= 15 is 0 Å². The Labute approximate surface area is 127 Å². The molecule has 5 nitrogen and oxygen atoms in total. The largest absolute Gasteiger partial charge is 0.383 e. The normalized spacial score (nSPS) is 10.9. The number of carbonyl (C=O) groups is 1. The Bertz CT molecular complexity index is 769. The van der Waals surface area contributed by atoms with E-state index in [9.17, 15) is 4.79 Å². The third kappa shape index (κ3) is 2.81. The number of carbonyl (C=O) groups excluding carboxylic acids is 1. The zero-order valence-electron chi connectivity index (χ0n) is 11.6. The molecule has 3 rings (SSSR count).